The van der Waals surface area contributed by atoms with Crippen molar-refractivity contribution in [3.8, 4) is 11.1 Å². The summed E-state index contributed by atoms with van der Waals surface area (Å²) in [5.74, 6) is 0. The van der Waals surface area contributed by atoms with E-state index in [4.69, 9.17) is 17.2 Å². The molecule has 0 saturated carbocycles. The van der Waals surface area contributed by atoms with Gasteiger partial charge in [0, 0.05) is 0 Å². The minimum atomic E-state index is -5.66. The predicted molar refractivity (Wildman–Crippen MR) is 218 cm³/mol. The molecule has 0 N–H and O–H groups in total. The van der Waals surface area contributed by atoms with E-state index in [1.807, 2.05) is 0 Å². The monoisotopic (exact) mass is 870 g/mol. The van der Waals surface area contributed by atoms with Crippen LogP contribution in [0.5, 0.6) is 0 Å². The van der Waals surface area contributed by atoms with Crippen LogP contribution in [0.4, 0.5) is 0 Å². The van der Waals surface area contributed by atoms with Gasteiger partial charge >= 0.3 is 313 Å². The number of fused-ring (bicyclic) bond motifs is 3. The number of hydrogen-bond acceptors (Lipinski definition) is 0. The van der Waals surface area contributed by atoms with Gasteiger partial charge in [-0.05, 0) is 0 Å². The van der Waals surface area contributed by atoms with Gasteiger partial charge in [0.1, 0.15) is 0 Å². The van der Waals surface area contributed by atoms with Crippen molar-refractivity contribution in [3.05, 3.63) is 154 Å². The third-order valence-corrected chi connectivity index (χ3v) is 39.3. The van der Waals surface area contributed by atoms with Crippen LogP contribution in [0.25, 0.3) is 11.1 Å². The summed E-state index contributed by atoms with van der Waals surface area (Å²) in [5, 5.41) is 0. The number of rotatable bonds is 4. The number of allylic oxidation sites excluding steroid dienone is 4. The van der Waals surface area contributed by atoms with Crippen LogP contribution < -0.4 is 0 Å². The Labute approximate surface area is 310 Å². The number of halogens is 2. The first-order valence-corrected chi connectivity index (χ1v) is 33.2. The molecule has 0 bridgehead atoms. The first kappa shape index (κ1) is 37.4. The standard InChI is InChI=1S/C21H25.C21H26.C5H5.2ClH.Hf/c1-20(2,3)16-7-9-18-14(12-16)11-15-13-17(21(4,5)6)8-10-19(15)18;1-20(2,3)18-11-7-16(8-12-18)15-17-9-13-19(14-10-17)21(4,5)6;1-2-4-5-3-1;;;/h7-13H,1-6H3;7-14H,1-6H3;1-5H;2*1H;/q;;;;;+2/p-2. The fourth-order valence-electron chi connectivity index (χ4n) is 8.04. The number of hydrogen-bond donors (Lipinski definition) is 0. The molecular weight excluding hydrogens is 814 g/mol. The zero-order chi connectivity index (χ0) is 36.7. The van der Waals surface area contributed by atoms with E-state index in [2.05, 4.69) is 192 Å². The second kappa shape index (κ2) is 12.4. The Kier molecular flexibility index (Phi) is 9.27. The number of benzene rings is 4. The summed E-state index contributed by atoms with van der Waals surface area (Å²) < 4.78 is 0.913. The van der Waals surface area contributed by atoms with Gasteiger partial charge < -0.3 is 0 Å². The first-order valence-electron chi connectivity index (χ1n) is 18.3. The normalized spacial score (nSPS) is 15.8. The van der Waals surface area contributed by atoms with E-state index in [0.717, 1.165) is 14.4 Å². The Hall–Kier alpha value is -2.32. The quantitative estimate of drug-likeness (QED) is 0.179. The second-order valence-corrected chi connectivity index (χ2v) is 48.5. The van der Waals surface area contributed by atoms with Gasteiger partial charge in [-0.3, -0.25) is 0 Å². The van der Waals surface area contributed by atoms with Crippen molar-refractivity contribution in [2.75, 3.05) is 0 Å². The van der Waals surface area contributed by atoms with E-state index in [1.165, 1.54) is 44.5 Å². The zero-order valence-electron chi connectivity index (χ0n) is 32.3. The summed E-state index contributed by atoms with van der Waals surface area (Å²) in [5.41, 5.74) is 12.6. The van der Waals surface area contributed by atoms with Crippen LogP contribution in [-0.2, 0) is 37.3 Å². The van der Waals surface area contributed by atoms with Gasteiger partial charge in [-0.1, -0.05) is 0 Å². The third-order valence-electron chi connectivity index (χ3n) is 11.2. The fourth-order valence-corrected chi connectivity index (χ4v) is 35.8. The molecule has 4 aromatic rings. The Bertz CT molecular complexity index is 1940. The SMILES string of the molecule is CC(C)(C)c1ccc([C](c2ccc(C(C)(C)C)cc2)=[Hf]([Cl])([Cl])([CH]2C=CC=C2)[CH]2c3cc(C(C)(C)C)ccc3-c3ccc(C(C)(C)C)cc32)cc1. The van der Waals surface area contributed by atoms with Gasteiger partial charge in [0.15, 0.2) is 0 Å². The van der Waals surface area contributed by atoms with Crippen LogP contribution in [0.2, 0.25) is 3.67 Å². The molecule has 0 fully saturated rings. The van der Waals surface area contributed by atoms with Crippen molar-refractivity contribution >= 4 is 20.4 Å². The molecule has 0 amide bonds. The van der Waals surface area contributed by atoms with Crippen molar-refractivity contribution in [3.63, 3.8) is 0 Å². The molecule has 4 aromatic carbocycles. The predicted octanol–water partition coefficient (Wildman–Crippen LogP) is 14.1. The summed E-state index contributed by atoms with van der Waals surface area (Å²) in [6.45, 7) is 27.4. The molecule has 0 unspecified atom stereocenters. The molecule has 0 aliphatic heterocycles. The van der Waals surface area contributed by atoms with Crippen molar-refractivity contribution in [2.45, 2.75) is 112 Å². The van der Waals surface area contributed by atoms with E-state index >= 15 is 0 Å². The summed E-state index contributed by atoms with van der Waals surface area (Å²) >= 11 is -5.66. The molecule has 50 heavy (non-hydrogen) atoms. The Morgan fingerprint density at radius 3 is 1.10 bits per heavy atom. The van der Waals surface area contributed by atoms with Crippen molar-refractivity contribution in [2.24, 2.45) is 0 Å². The second-order valence-electron chi connectivity index (χ2n) is 19.0. The minimum absolute atomic E-state index is 0.0266. The van der Waals surface area contributed by atoms with Crippen LogP contribution in [0.1, 0.15) is 131 Å². The molecule has 2 aliphatic rings. The van der Waals surface area contributed by atoms with Crippen molar-refractivity contribution < 1.29 is 15.7 Å². The first-order chi connectivity index (χ1) is 23.0. The van der Waals surface area contributed by atoms with Crippen molar-refractivity contribution in [1.82, 2.24) is 0 Å². The van der Waals surface area contributed by atoms with Crippen LogP contribution in [0, 0.1) is 0 Å². The van der Waals surface area contributed by atoms with Crippen molar-refractivity contribution in [1.29, 1.82) is 0 Å². The van der Waals surface area contributed by atoms with E-state index in [1.54, 1.807) is 0 Å². The molecule has 0 aromatic heterocycles. The van der Waals surface area contributed by atoms with E-state index in [0.29, 0.717) is 0 Å². The molecule has 0 spiro atoms. The molecule has 0 radical (unpaired) electrons. The van der Waals surface area contributed by atoms with Crippen LogP contribution >= 0.6 is 17.2 Å². The van der Waals surface area contributed by atoms with Crippen LogP contribution in [0.15, 0.2) is 109 Å². The summed E-state index contributed by atoms with van der Waals surface area (Å²) in [6.07, 6.45) is 8.90. The van der Waals surface area contributed by atoms with E-state index in [9.17, 15) is 0 Å². The van der Waals surface area contributed by atoms with Gasteiger partial charge in [-0.15, -0.1) is 0 Å². The van der Waals surface area contributed by atoms with Gasteiger partial charge in [-0.25, -0.2) is 0 Å². The van der Waals surface area contributed by atoms with Gasteiger partial charge in [0.05, 0.1) is 0 Å². The molecule has 0 atom stereocenters. The summed E-state index contributed by atoms with van der Waals surface area (Å²) in [7, 11) is 17.9. The van der Waals surface area contributed by atoms with Crippen LogP contribution in [0.3, 0.4) is 0 Å². The molecule has 0 nitrogen and oxygen atoms in total. The molecule has 0 saturated heterocycles. The van der Waals surface area contributed by atoms with Crippen LogP contribution in [-0.4, -0.2) is 3.26 Å². The topological polar surface area (TPSA) is 0 Å². The third kappa shape index (κ3) is 6.47. The van der Waals surface area contributed by atoms with Gasteiger partial charge in [0.2, 0.25) is 0 Å². The zero-order valence-corrected chi connectivity index (χ0v) is 37.4. The molecular formula is C47H56Cl2Hf. The van der Waals surface area contributed by atoms with E-state index < -0.39 is 15.7 Å². The van der Waals surface area contributed by atoms with Gasteiger partial charge in [-0.2, -0.15) is 0 Å². The Balaban J connectivity index is 1.82. The molecule has 3 heteroatoms. The van der Waals surface area contributed by atoms with E-state index in [-0.39, 0.29) is 29.0 Å². The molecule has 2 aliphatic carbocycles. The molecule has 6 rings (SSSR count). The summed E-state index contributed by atoms with van der Waals surface area (Å²) in [6, 6.07) is 32.5. The average molecular weight is 870 g/mol. The Morgan fingerprint density at radius 2 is 0.780 bits per heavy atom. The molecule has 0 heterocycles. The van der Waals surface area contributed by atoms with Gasteiger partial charge in [0.25, 0.3) is 0 Å². The maximum absolute atomic E-state index is 8.94. The maximum atomic E-state index is 8.94. The Morgan fingerprint density at radius 1 is 0.460 bits per heavy atom. The molecule has 262 valence electrons. The summed E-state index contributed by atoms with van der Waals surface area (Å²) in [4.78, 5) is 0. The fraction of sp³-hybridized carbons (Fsp3) is 0.383. The average Bonchev–Trinajstić information content (AvgIpc) is 3.68.